The zero-order valence-electron chi connectivity index (χ0n) is 9.86. The third-order valence-corrected chi connectivity index (χ3v) is 2.88. The van der Waals surface area contributed by atoms with Crippen LogP contribution in [0.4, 0.5) is 5.82 Å². The number of aryl methyl sites for hydroxylation is 2. The molecule has 1 aliphatic rings. The average Bonchev–Trinajstić information content (AvgIpc) is 2.29. The lowest BCUT2D eigenvalue weighted by Crippen LogP contribution is -2.34. The van der Waals surface area contributed by atoms with Gasteiger partial charge in [0.2, 0.25) is 0 Å². The van der Waals surface area contributed by atoms with Gasteiger partial charge in [-0.2, -0.15) is 0 Å². The van der Waals surface area contributed by atoms with E-state index in [2.05, 4.69) is 21.8 Å². The van der Waals surface area contributed by atoms with E-state index in [0.29, 0.717) is 18.6 Å². The Morgan fingerprint density at radius 1 is 1.31 bits per heavy atom. The molecule has 0 aliphatic carbocycles. The van der Waals surface area contributed by atoms with Gasteiger partial charge in [0, 0.05) is 37.7 Å². The Kier molecular flexibility index (Phi) is 3.17. The van der Waals surface area contributed by atoms with Crippen molar-refractivity contribution in [2.75, 3.05) is 18.0 Å². The smallest absolute Gasteiger partial charge is 0.136 e. The predicted molar refractivity (Wildman–Crippen MR) is 62.6 cm³/mol. The molecule has 0 aromatic carbocycles. The van der Waals surface area contributed by atoms with Crippen molar-refractivity contribution in [1.82, 2.24) is 9.97 Å². The van der Waals surface area contributed by atoms with Gasteiger partial charge in [0.25, 0.3) is 0 Å². The van der Waals surface area contributed by atoms with Crippen LogP contribution in [0.2, 0.25) is 0 Å². The number of hydrogen-bond acceptors (Lipinski definition) is 4. The molecular weight excluding hydrogens is 202 g/mol. The van der Waals surface area contributed by atoms with Crippen LogP contribution in [0.25, 0.3) is 0 Å². The maximum Gasteiger partial charge on any atom is 0.136 e. The number of anilines is 1. The average molecular weight is 219 g/mol. The molecule has 0 N–H and O–H groups in total. The molecule has 0 bridgehead atoms. The molecule has 1 fully saturated rings. The molecule has 1 saturated heterocycles. The Bertz CT molecular complexity index is 393. The summed E-state index contributed by atoms with van der Waals surface area (Å²) in [5.74, 6) is 2.14. The van der Waals surface area contributed by atoms with Crippen LogP contribution in [0.5, 0.6) is 0 Å². The van der Waals surface area contributed by atoms with Crippen LogP contribution in [0.3, 0.4) is 0 Å². The van der Waals surface area contributed by atoms with Crippen LogP contribution >= 0.6 is 0 Å². The van der Waals surface area contributed by atoms with E-state index in [-0.39, 0.29) is 0 Å². The minimum Gasteiger partial charge on any atom is -0.356 e. The quantitative estimate of drug-likeness (QED) is 0.756. The number of aromatic nitrogens is 2. The van der Waals surface area contributed by atoms with Gasteiger partial charge in [-0.1, -0.05) is 6.92 Å². The lowest BCUT2D eigenvalue weighted by molar-refractivity contribution is -0.119. The molecule has 4 heteroatoms. The monoisotopic (exact) mass is 219 g/mol. The number of nitrogens with zero attached hydrogens (tertiary/aromatic N) is 3. The van der Waals surface area contributed by atoms with Gasteiger partial charge in [0.05, 0.1) is 0 Å². The highest BCUT2D eigenvalue weighted by Crippen LogP contribution is 2.17. The molecule has 2 heterocycles. The van der Waals surface area contributed by atoms with Crippen molar-refractivity contribution in [2.24, 2.45) is 0 Å². The summed E-state index contributed by atoms with van der Waals surface area (Å²) in [7, 11) is 0. The summed E-state index contributed by atoms with van der Waals surface area (Å²) < 4.78 is 0. The minimum atomic E-state index is 0.359. The number of piperidine rings is 1. The van der Waals surface area contributed by atoms with E-state index in [4.69, 9.17) is 0 Å². The molecule has 1 aliphatic heterocycles. The molecule has 4 nitrogen and oxygen atoms in total. The summed E-state index contributed by atoms with van der Waals surface area (Å²) >= 11 is 0. The number of ketones is 1. The van der Waals surface area contributed by atoms with Crippen LogP contribution < -0.4 is 4.90 Å². The number of rotatable bonds is 2. The molecule has 0 amide bonds. The number of carbonyl (C=O) groups excluding carboxylic acids is 1. The van der Waals surface area contributed by atoms with Crippen molar-refractivity contribution in [3.63, 3.8) is 0 Å². The highest BCUT2D eigenvalue weighted by Gasteiger charge is 2.17. The van der Waals surface area contributed by atoms with E-state index in [1.807, 2.05) is 13.0 Å². The second-order valence-electron chi connectivity index (χ2n) is 4.14. The summed E-state index contributed by atoms with van der Waals surface area (Å²) in [4.78, 5) is 22.1. The fourth-order valence-electron chi connectivity index (χ4n) is 1.94. The fraction of sp³-hybridized carbons (Fsp3) is 0.583. The second-order valence-corrected chi connectivity index (χ2v) is 4.14. The van der Waals surface area contributed by atoms with Gasteiger partial charge >= 0.3 is 0 Å². The van der Waals surface area contributed by atoms with Crippen LogP contribution in [0, 0.1) is 6.92 Å². The third kappa shape index (κ3) is 2.38. The number of carbonyl (C=O) groups is 1. The first-order valence-electron chi connectivity index (χ1n) is 5.80. The molecule has 2 rings (SSSR count). The molecular formula is C12H17N3O. The molecule has 0 saturated carbocycles. The van der Waals surface area contributed by atoms with E-state index in [1.54, 1.807) is 0 Å². The maximum atomic E-state index is 11.2. The molecule has 1 aromatic rings. The largest absolute Gasteiger partial charge is 0.356 e. The van der Waals surface area contributed by atoms with Gasteiger partial charge in [-0.05, 0) is 13.3 Å². The molecule has 0 radical (unpaired) electrons. The molecule has 86 valence electrons. The van der Waals surface area contributed by atoms with Gasteiger partial charge in [-0.15, -0.1) is 0 Å². The normalized spacial score (nSPS) is 16.6. The van der Waals surface area contributed by atoms with Crippen LogP contribution in [-0.2, 0) is 11.2 Å². The van der Waals surface area contributed by atoms with Crippen molar-refractivity contribution < 1.29 is 4.79 Å². The molecule has 0 atom stereocenters. The third-order valence-electron chi connectivity index (χ3n) is 2.88. The van der Waals surface area contributed by atoms with Crippen molar-refractivity contribution in [2.45, 2.75) is 33.1 Å². The van der Waals surface area contributed by atoms with Gasteiger partial charge in [0.15, 0.2) is 0 Å². The van der Waals surface area contributed by atoms with E-state index in [9.17, 15) is 4.79 Å². The summed E-state index contributed by atoms with van der Waals surface area (Å²) in [6.07, 6.45) is 2.21. The van der Waals surface area contributed by atoms with Crippen molar-refractivity contribution in [1.29, 1.82) is 0 Å². The summed E-state index contributed by atoms with van der Waals surface area (Å²) in [5, 5.41) is 0. The SMILES string of the molecule is CCc1cc(N2CCC(=O)CC2)nc(C)n1. The molecule has 0 unspecified atom stereocenters. The number of hydrogen-bond donors (Lipinski definition) is 0. The van der Waals surface area contributed by atoms with Crippen molar-refractivity contribution in [3.05, 3.63) is 17.6 Å². The Morgan fingerprint density at radius 3 is 2.62 bits per heavy atom. The highest BCUT2D eigenvalue weighted by atomic mass is 16.1. The lowest BCUT2D eigenvalue weighted by atomic mass is 10.1. The van der Waals surface area contributed by atoms with Gasteiger partial charge < -0.3 is 4.90 Å². The van der Waals surface area contributed by atoms with Gasteiger partial charge in [-0.25, -0.2) is 9.97 Å². The molecule has 16 heavy (non-hydrogen) atoms. The zero-order chi connectivity index (χ0) is 11.5. The molecule has 1 aromatic heterocycles. The van der Waals surface area contributed by atoms with Crippen LogP contribution in [0.1, 0.15) is 31.3 Å². The summed E-state index contributed by atoms with van der Waals surface area (Å²) in [6, 6.07) is 2.03. The Hall–Kier alpha value is -1.45. The molecule has 0 spiro atoms. The standard InChI is InChI=1S/C12H17N3O/c1-3-10-8-12(14-9(2)13-10)15-6-4-11(16)5-7-15/h8H,3-7H2,1-2H3. The van der Waals surface area contributed by atoms with E-state index >= 15 is 0 Å². The topological polar surface area (TPSA) is 46.1 Å². The van der Waals surface area contributed by atoms with Gasteiger partial charge in [0.1, 0.15) is 17.4 Å². The minimum absolute atomic E-state index is 0.359. The Morgan fingerprint density at radius 2 is 2.00 bits per heavy atom. The van der Waals surface area contributed by atoms with E-state index in [1.165, 1.54) is 0 Å². The first-order chi connectivity index (χ1) is 7.69. The predicted octanol–water partition coefficient (Wildman–Crippen LogP) is 1.52. The first-order valence-corrected chi connectivity index (χ1v) is 5.80. The summed E-state index contributed by atoms with van der Waals surface area (Å²) in [5.41, 5.74) is 1.07. The zero-order valence-corrected chi connectivity index (χ0v) is 9.86. The lowest BCUT2D eigenvalue weighted by Gasteiger charge is -2.27. The van der Waals surface area contributed by atoms with Gasteiger partial charge in [-0.3, -0.25) is 4.79 Å². The van der Waals surface area contributed by atoms with Crippen molar-refractivity contribution in [3.8, 4) is 0 Å². The van der Waals surface area contributed by atoms with E-state index < -0.39 is 0 Å². The van der Waals surface area contributed by atoms with Crippen molar-refractivity contribution >= 4 is 11.6 Å². The van der Waals surface area contributed by atoms with Crippen LogP contribution in [0.15, 0.2) is 6.07 Å². The van der Waals surface area contributed by atoms with Crippen LogP contribution in [-0.4, -0.2) is 28.8 Å². The maximum absolute atomic E-state index is 11.2. The second kappa shape index (κ2) is 4.60. The number of Topliss-reactive ketones (excluding diaryl/α,β-unsaturated/α-hetero) is 1. The fourth-order valence-corrected chi connectivity index (χ4v) is 1.94. The summed E-state index contributed by atoms with van der Waals surface area (Å²) in [6.45, 7) is 5.58. The first kappa shape index (κ1) is 11.0. The highest BCUT2D eigenvalue weighted by molar-refractivity contribution is 5.80. The Labute approximate surface area is 95.7 Å². The Balaban J connectivity index is 2.19. The van der Waals surface area contributed by atoms with E-state index in [0.717, 1.165) is 36.8 Å².